The third-order valence-electron chi connectivity index (χ3n) is 2.63. The topological polar surface area (TPSA) is 32.3 Å². The van der Waals surface area contributed by atoms with E-state index in [1.54, 1.807) is 22.7 Å². The summed E-state index contributed by atoms with van der Waals surface area (Å²) >= 11 is 3.55. The number of nitrogens with one attached hydrogen (secondary N) is 1. The van der Waals surface area contributed by atoms with Gasteiger partial charge in [0.2, 0.25) is 0 Å². The number of aliphatic hydroxyl groups excluding tert-OH is 1. The van der Waals surface area contributed by atoms with E-state index in [0.29, 0.717) is 6.04 Å². The van der Waals surface area contributed by atoms with Crippen LogP contribution >= 0.6 is 22.7 Å². The highest BCUT2D eigenvalue weighted by Gasteiger charge is 2.15. The largest absolute Gasteiger partial charge is 0.395 e. The summed E-state index contributed by atoms with van der Waals surface area (Å²) < 4.78 is 0. The van der Waals surface area contributed by atoms with Gasteiger partial charge < -0.3 is 10.4 Å². The summed E-state index contributed by atoms with van der Waals surface area (Å²) in [5.41, 5.74) is 0. The average molecular weight is 267 g/mol. The molecule has 2 N–H and O–H groups in total. The summed E-state index contributed by atoms with van der Waals surface area (Å²) in [6, 6.07) is 8.91. The SMILES string of the molecule is CC(CO)NC(Cc1cccs1)c1cccs1. The lowest BCUT2D eigenvalue weighted by molar-refractivity contribution is 0.241. The van der Waals surface area contributed by atoms with Crippen molar-refractivity contribution >= 4 is 22.7 Å². The quantitative estimate of drug-likeness (QED) is 0.843. The van der Waals surface area contributed by atoms with Gasteiger partial charge in [-0.3, -0.25) is 0 Å². The molecule has 0 fully saturated rings. The normalized spacial score (nSPS) is 14.7. The molecule has 0 aliphatic carbocycles. The van der Waals surface area contributed by atoms with Crippen molar-refractivity contribution in [3.05, 3.63) is 44.8 Å². The summed E-state index contributed by atoms with van der Waals surface area (Å²) in [6.07, 6.45) is 0.989. The van der Waals surface area contributed by atoms with Gasteiger partial charge in [-0.15, -0.1) is 22.7 Å². The summed E-state index contributed by atoms with van der Waals surface area (Å²) in [5.74, 6) is 0. The van der Waals surface area contributed by atoms with Crippen LogP contribution in [0.25, 0.3) is 0 Å². The van der Waals surface area contributed by atoms with E-state index >= 15 is 0 Å². The van der Waals surface area contributed by atoms with Gasteiger partial charge in [-0.1, -0.05) is 12.1 Å². The smallest absolute Gasteiger partial charge is 0.0582 e. The van der Waals surface area contributed by atoms with Crippen LogP contribution in [-0.4, -0.2) is 17.8 Å². The van der Waals surface area contributed by atoms with Gasteiger partial charge in [0, 0.05) is 28.3 Å². The van der Waals surface area contributed by atoms with Crippen LogP contribution in [0.3, 0.4) is 0 Å². The third kappa shape index (κ3) is 3.64. The summed E-state index contributed by atoms with van der Waals surface area (Å²) in [6.45, 7) is 2.18. The zero-order valence-corrected chi connectivity index (χ0v) is 11.4. The summed E-state index contributed by atoms with van der Waals surface area (Å²) in [5, 5.41) is 16.8. The molecule has 2 heterocycles. The predicted octanol–water partition coefficient (Wildman–Crippen LogP) is 3.06. The highest BCUT2D eigenvalue weighted by atomic mass is 32.1. The first-order valence-corrected chi connectivity index (χ1v) is 7.48. The van der Waals surface area contributed by atoms with Crippen LogP contribution in [0.5, 0.6) is 0 Å². The molecule has 2 aromatic heterocycles. The maximum atomic E-state index is 9.15. The number of rotatable bonds is 6. The molecule has 0 amide bonds. The molecule has 0 saturated carbocycles. The van der Waals surface area contributed by atoms with Crippen LogP contribution in [0.15, 0.2) is 35.0 Å². The van der Waals surface area contributed by atoms with E-state index in [0.717, 1.165) is 6.42 Å². The Morgan fingerprint density at radius 2 is 2.00 bits per heavy atom. The first-order valence-electron chi connectivity index (χ1n) is 5.72. The van der Waals surface area contributed by atoms with E-state index in [1.807, 2.05) is 6.92 Å². The van der Waals surface area contributed by atoms with Crippen LogP contribution in [0.1, 0.15) is 22.7 Å². The standard InChI is InChI=1S/C13H17NOS2/c1-10(9-15)14-12(13-5-3-7-17-13)8-11-4-2-6-16-11/h2-7,10,12,14-15H,8-9H2,1H3. The first kappa shape index (κ1) is 12.8. The molecule has 0 spiro atoms. The Morgan fingerprint density at radius 3 is 2.59 bits per heavy atom. The van der Waals surface area contributed by atoms with Crippen molar-refractivity contribution in [1.82, 2.24) is 5.32 Å². The molecule has 0 saturated heterocycles. The fourth-order valence-corrected chi connectivity index (χ4v) is 3.30. The minimum Gasteiger partial charge on any atom is -0.395 e. The van der Waals surface area contributed by atoms with Gasteiger partial charge in [0.05, 0.1) is 6.61 Å². The van der Waals surface area contributed by atoms with Crippen molar-refractivity contribution in [2.75, 3.05) is 6.61 Å². The molecule has 0 bridgehead atoms. The summed E-state index contributed by atoms with van der Waals surface area (Å²) in [4.78, 5) is 2.71. The van der Waals surface area contributed by atoms with E-state index in [1.165, 1.54) is 9.75 Å². The molecular weight excluding hydrogens is 250 g/mol. The van der Waals surface area contributed by atoms with E-state index in [-0.39, 0.29) is 12.6 Å². The molecule has 2 unspecified atom stereocenters. The van der Waals surface area contributed by atoms with Gasteiger partial charge in [-0.05, 0) is 29.8 Å². The van der Waals surface area contributed by atoms with Crippen LogP contribution in [-0.2, 0) is 6.42 Å². The fraction of sp³-hybridized carbons (Fsp3) is 0.385. The molecular formula is C13H17NOS2. The van der Waals surface area contributed by atoms with Crippen molar-refractivity contribution in [2.45, 2.75) is 25.4 Å². The second-order valence-electron chi connectivity index (χ2n) is 4.10. The molecule has 92 valence electrons. The lowest BCUT2D eigenvalue weighted by atomic mass is 10.1. The van der Waals surface area contributed by atoms with Gasteiger partial charge in [0.25, 0.3) is 0 Å². The molecule has 17 heavy (non-hydrogen) atoms. The Bertz CT molecular complexity index is 411. The number of thiophene rings is 2. The van der Waals surface area contributed by atoms with Crippen molar-refractivity contribution in [2.24, 2.45) is 0 Å². The molecule has 0 aromatic carbocycles. The Kier molecular flexibility index (Phi) is 4.74. The van der Waals surface area contributed by atoms with Crippen LogP contribution in [0.4, 0.5) is 0 Å². The number of aliphatic hydroxyl groups is 1. The minimum atomic E-state index is 0.127. The Labute approximate surface area is 110 Å². The zero-order chi connectivity index (χ0) is 12.1. The van der Waals surface area contributed by atoms with Crippen molar-refractivity contribution < 1.29 is 5.11 Å². The average Bonchev–Trinajstić information content (AvgIpc) is 3.00. The van der Waals surface area contributed by atoms with Crippen molar-refractivity contribution in [3.8, 4) is 0 Å². The second kappa shape index (κ2) is 6.31. The van der Waals surface area contributed by atoms with Gasteiger partial charge >= 0.3 is 0 Å². The molecule has 0 radical (unpaired) electrons. The Balaban J connectivity index is 2.07. The monoisotopic (exact) mass is 267 g/mol. The summed E-state index contributed by atoms with van der Waals surface area (Å²) in [7, 11) is 0. The Hall–Kier alpha value is -0.680. The maximum Gasteiger partial charge on any atom is 0.0582 e. The second-order valence-corrected chi connectivity index (χ2v) is 6.11. The van der Waals surface area contributed by atoms with Gasteiger partial charge in [-0.2, -0.15) is 0 Å². The van der Waals surface area contributed by atoms with Crippen LogP contribution < -0.4 is 5.32 Å². The van der Waals surface area contributed by atoms with E-state index < -0.39 is 0 Å². The van der Waals surface area contributed by atoms with Gasteiger partial charge in [0.1, 0.15) is 0 Å². The van der Waals surface area contributed by atoms with Crippen LogP contribution in [0, 0.1) is 0 Å². The zero-order valence-electron chi connectivity index (χ0n) is 9.80. The predicted molar refractivity (Wildman–Crippen MR) is 74.8 cm³/mol. The number of hydrogen-bond acceptors (Lipinski definition) is 4. The third-order valence-corrected chi connectivity index (χ3v) is 4.52. The lowest BCUT2D eigenvalue weighted by Gasteiger charge is -2.20. The first-order chi connectivity index (χ1) is 8.29. The molecule has 0 aliphatic rings. The molecule has 4 heteroatoms. The van der Waals surface area contributed by atoms with E-state index in [2.05, 4.69) is 40.3 Å². The number of hydrogen-bond donors (Lipinski definition) is 2. The molecule has 2 aromatic rings. The van der Waals surface area contributed by atoms with Crippen LogP contribution in [0.2, 0.25) is 0 Å². The molecule has 2 rings (SSSR count). The van der Waals surface area contributed by atoms with Gasteiger partial charge in [-0.25, -0.2) is 0 Å². The maximum absolute atomic E-state index is 9.15. The molecule has 0 aliphatic heterocycles. The highest BCUT2D eigenvalue weighted by molar-refractivity contribution is 7.10. The van der Waals surface area contributed by atoms with Gasteiger partial charge in [0.15, 0.2) is 0 Å². The lowest BCUT2D eigenvalue weighted by Crippen LogP contribution is -2.33. The van der Waals surface area contributed by atoms with Crippen molar-refractivity contribution in [1.29, 1.82) is 0 Å². The van der Waals surface area contributed by atoms with E-state index in [4.69, 9.17) is 5.11 Å². The fourth-order valence-electron chi connectivity index (χ4n) is 1.76. The molecule has 2 nitrogen and oxygen atoms in total. The van der Waals surface area contributed by atoms with E-state index in [9.17, 15) is 0 Å². The Morgan fingerprint density at radius 1 is 1.24 bits per heavy atom. The highest BCUT2D eigenvalue weighted by Crippen LogP contribution is 2.25. The van der Waals surface area contributed by atoms with Crippen molar-refractivity contribution in [3.63, 3.8) is 0 Å². The molecule has 2 atom stereocenters. The minimum absolute atomic E-state index is 0.127.